The molecular formula is C15H10N4O2S. The standard InChI is InChI=1S/C15H10N4O2S/c20-15-11-4-6-22-14(11)17-9-19(15)8-10-7-13(18-21-10)12-3-1-2-5-16-12/h1-7,9H,8H2. The van der Waals surface area contributed by atoms with Crippen LogP contribution in [0.2, 0.25) is 0 Å². The van der Waals surface area contributed by atoms with E-state index in [1.54, 1.807) is 18.3 Å². The topological polar surface area (TPSA) is 73.8 Å². The van der Waals surface area contributed by atoms with Gasteiger partial charge >= 0.3 is 0 Å². The molecule has 0 atom stereocenters. The molecule has 0 aliphatic heterocycles. The van der Waals surface area contributed by atoms with Crippen LogP contribution in [0.15, 0.2) is 57.6 Å². The summed E-state index contributed by atoms with van der Waals surface area (Å²) in [4.78, 5) is 21.6. The Balaban J connectivity index is 1.67. The summed E-state index contributed by atoms with van der Waals surface area (Å²) in [5.74, 6) is 0.583. The largest absolute Gasteiger partial charge is 0.359 e. The van der Waals surface area contributed by atoms with Gasteiger partial charge in [-0.05, 0) is 23.6 Å². The summed E-state index contributed by atoms with van der Waals surface area (Å²) in [6.45, 7) is 0.289. The van der Waals surface area contributed by atoms with Gasteiger partial charge in [-0.25, -0.2) is 4.98 Å². The first-order valence-corrected chi connectivity index (χ1v) is 7.49. The van der Waals surface area contributed by atoms with Gasteiger partial charge in [0, 0.05) is 12.3 Å². The number of nitrogens with zero attached hydrogens (tertiary/aromatic N) is 4. The smallest absolute Gasteiger partial charge is 0.262 e. The molecule has 0 aromatic carbocycles. The first-order valence-electron chi connectivity index (χ1n) is 6.61. The van der Waals surface area contributed by atoms with Crippen molar-refractivity contribution in [2.75, 3.05) is 0 Å². The molecule has 4 heterocycles. The van der Waals surface area contributed by atoms with E-state index < -0.39 is 0 Å². The summed E-state index contributed by atoms with van der Waals surface area (Å²) < 4.78 is 6.81. The number of hydrogen-bond donors (Lipinski definition) is 0. The number of fused-ring (bicyclic) bond motifs is 1. The maximum absolute atomic E-state index is 12.3. The van der Waals surface area contributed by atoms with Gasteiger partial charge in [0.1, 0.15) is 10.5 Å². The van der Waals surface area contributed by atoms with Crippen molar-refractivity contribution in [1.29, 1.82) is 0 Å². The van der Waals surface area contributed by atoms with Crippen molar-refractivity contribution < 1.29 is 4.52 Å². The van der Waals surface area contributed by atoms with E-state index in [9.17, 15) is 4.79 Å². The normalized spacial score (nSPS) is 11.1. The highest BCUT2D eigenvalue weighted by Gasteiger charge is 2.10. The fraction of sp³-hybridized carbons (Fsp3) is 0.0667. The molecule has 0 aliphatic carbocycles. The molecule has 0 bridgehead atoms. The second-order valence-corrected chi connectivity index (χ2v) is 5.61. The summed E-state index contributed by atoms with van der Waals surface area (Å²) in [5, 5.41) is 6.47. The zero-order valence-electron chi connectivity index (χ0n) is 11.3. The van der Waals surface area contributed by atoms with Gasteiger partial charge in [0.2, 0.25) is 0 Å². The van der Waals surface area contributed by atoms with Crippen LogP contribution in [0.25, 0.3) is 21.6 Å². The Labute approximate surface area is 128 Å². The Morgan fingerprint density at radius 3 is 3.00 bits per heavy atom. The first kappa shape index (κ1) is 12.9. The van der Waals surface area contributed by atoms with Crippen molar-refractivity contribution in [3.05, 3.63) is 64.4 Å². The van der Waals surface area contributed by atoms with Crippen LogP contribution in [0.5, 0.6) is 0 Å². The lowest BCUT2D eigenvalue weighted by atomic mass is 10.2. The third kappa shape index (κ3) is 2.21. The molecule has 0 saturated carbocycles. The number of thiophene rings is 1. The molecule has 22 heavy (non-hydrogen) atoms. The summed E-state index contributed by atoms with van der Waals surface area (Å²) in [5.41, 5.74) is 1.30. The molecule has 0 aliphatic rings. The maximum Gasteiger partial charge on any atom is 0.262 e. The van der Waals surface area contributed by atoms with Crippen molar-refractivity contribution in [1.82, 2.24) is 19.7 Å². The number of rotatable bonds is 3. The second-order valence-electron chi connectivity index (χ2n) is 4.71. The molecule has 0 unspecified atom stereocenters. The Hall–Kier alpha value is -2.80. The lowest BCUT2D eigenvalue weighted by Crippen LogP contribution is -2.20. The third-order valence-corrected chi connectivity index (χ3v) is 4.08. The lowest BCUT2D eigenvalue weighted by molar-refractivity contribution is 0.376. The number of hydrogen-bond acceptors (Lipinski definition) is 6. The van der Waals surface area contributed by atoms with Crippen LogP contribution in [0.3, 0.4) is 0 Å². The van der Waals surface area contributed by atoms with Gasteiger partial charge in [0.15, 0.2) is 5.76 Å². The van der Waals surface area contributed by atoms with Crippen molar-refractivity contribution in [3.8, 4) is 11.4 Å². The minimum atomic E-state index is -0.0814. The van der Waals surface area contributed by atoms with Crippen LogP contribution >= 0.6 is 11.3 Å². The average Bonchev–Trinajstić information content (AvgIpc) is 3.20. The van der Waals surface area contributed by atoms with Crippen LogP contribution in [-0.4, -0.2) is 19.7 Å². The maximum atomic E-state index is 12.3. The van der Waals surface area contributed by atoms with Crippen LogP contribution in [-0.2, 0) is 6.54 Å². The SMILES string of the molecule is O=c1c2ccsc2ncn1Cc1cc(-c2ccccn2)no1. The molecule has 108 valence electrons. The molecule has 0 N–H and O–H groups in total. The average molecular weight is 310 g/mol. The highest BCUT2D eigenvalue weighted by atomic mass is 32.1. The fourth-order valence-electron chi connectivity index (χ4n) is 2.20. The van der Waals surface area contributed by atoms with Crippen LogP contribution < -0.4 is 5.56 Å². The Bertz CT molecular complexity index is 987. The molecule has 4 aromatic rings. The van der Waals surface area contributed by atoms with E-state index in [2.05, 4.69) is 15.1 Å². The van der Waals surface area contributed by atoms with Crippen LogP contribution in [0, 0.1) is 0 Å². The molecule has 0 saturated heterocycles. The van der Waals surface area contributed by atoms with Gasteiger partial charge in [0.25, 0.3) is 5.56 Å². The molecule has 6 nitrogen and oxygen atoms in total. The van der Waals surface area contributed by atoms with Gasteiger partial charge in [0.05, 0.1) is 24.0 Å². The highest BCUT2D eigenvalue weighted by Crippen LogP contribution is 2.17. The zero-order valence-corrected chi connectivity index (χ0v) is 12.2. The van der Waals surface area contributed by atoms with Crippen molar-refractivity contribution in [2.24, 2.45) is 0 Å². The van der Waals surface area contributed by atoms with E-state index in [4.69, 9.17) is 4.52 Å². The number of aromatic nitrogens is 4. The third-order valence-electron chi connectivity index (χ3n) is 3.26. The molecule has 4 aromatic heterocycles. The monoisotopic (exact) mass is 310 g/mol. The van der Waals surface area contributed by atoms with Gasteiger partial charge in [-0.15, -0.1) is 11.3 Å². The van der Waals surface area contributed by atoms with E-state index in [-0.39, 0.29) is 12.1 Å². The van der Waals surface area contributed by atoms with Crippen LogP contribution in [0.1, 0.15) is 5.76 Å². The molecular weight excluding hydrogens is 300 g/mol. The molecule has 0 radical (unpaired) electrons. The van der Waals surface area contributed by atoms with Crippen molar-refractivity contribution in [2.45, 2.75) is 6.54 Å². The van der Waals surface area contributed by atoms with Crippen molar-refractivity contribution >= 4 is 21.6 Å². The Kier molecular flexibility index (Phi) is 3.05. The van der Waals surface area contributed by atoms with E-state index in [0.717, 1.165) is 10.5 Å². The van der Waals surface area contributed by atoms with Gasteiger partial charge in [-0.2, -0.15) is 0 Å². The quantitative estimate of drug-likeness (QED) is 0.581. The highest BCUT2D eigenvalue weighted by molar-refractivity contribution is 7.16. The van der Waals surface area contributed by atoms with Gasteiger partial charge in [-0.1, -0.05) is 11.2 Å². The van der Waals surface area contributed by atoms with Crippen LogP contribution in [0.4, 0.5) is 0 Å². The van der Waals surface area contributed by atoms with E-state index >= 15 is 0 Å². The van der Waals surface area contributed by atoms with Crippen molar-refractivity contribution in [3.63, 3.8) is 0 Å². The van der Waals surface area contributed by atoms with Gasteiger partial charge < -0.3 is 4.52 Å². The Morgan fingerprint density at radius 1 is 1.18 bits per heavy atom. The Morgan fingerprint density at radius 2 is 2.14 bits per heavy atom. The summed E-state index contributed by atoms with van der Waals surface area (Å²) in [7, 11) is 0. The van der Waals surface area contributed by atoms with E-state index in [0.29, 0.717) is 16.8 Å². The minimum Gasteiger partial charge on any atom is -0.359 e. The summed E-state index contributed by atoms with van der Waals surface area (Å²) in [6, 6.07) is 9.15. The molecule has 0 spiro atoms. The van der Waals surface area contributed by atoms with Gasteiger partial charge in [-0.3, -0.25) is 14.3 Å². The predicted octanol–water partition coefficient (Wildman–Crippen LogP) is 2.56. The van der Waals surface area contributed by atoms with E-state index in [1.807, 2.05) is 23.6 Å². The summed E-state index contributed by atoms with van der Waals surface area (Å²) >= 11 is 1.45. The number of pyridine rings is 1. The molecule has 0 fully saturated rings. The lowest BCUT2D eigenvalue weighted by Gasteiger charge is -2.01. The predicted molar refractivity (Wildman–Crippen MR) is 82.7 cm³/mol. The fourth-order valence-corrected chi connectivity index (χ4v) is 2.92. The molecule has 7 heteroatoms. The minimum absolute atomic E-state index is 0.0814. The molecule has 4 rings (SSSR count). The summed E-state index contributed by atoms with van der Waals surface area (Å²) in [6.07, 6.45) is 3.23. The first-order chi connectivity index (χ1) is 10.8. The second kappa shape index (κ2) is 5.19. The molecule has 0 amide bonds. The zero-order chi connectivity index (χ0) is 14.9. The van der Waals surface area contributed by atoms with E-state index in [1.165, 1.54) is 22.2 Å².